The van der Waals surface area contributed by atoms with Crippen LogP contribution in [0.5, 0.6) is 0 Å². The van der Waals surface area contributed by atoms with Crippen molar-refractivity contribution in [3.05, 3.63) is 58.5 Å². The molecule has 0 radical (unpaired) electrons. The van der Waals surface area contributed by atoms with Gasteiger partial charge < -0.3 is 9.73 Å². The largest absolute Gasteiger partial charge is 0.468 e. The Kier molecular flexibility index (Phi) is 5.23. The van der Waals surface area contributed by atoms with Crippen LogP contribution in [-0.2, 0) is 6.42 Å². The maximum atomic E-state index is 5.55. The van der Waals surface area contributed by atoms with Crippen LogP contribution in [-0.4, -0.2) is 12.6 Å². The van der Waals surface area contributed by atoms with Gasteiger partial charge >= 0.3 is 0 Å². The molecule has 0 amide bonds. The molecule has 0 aliphatic rings. The molecule has 0 fully saturated rings. The van der Waals surface area contributed by atoms with E-state index in [1.807, 2.05) is 6.07 Å². The van der Waals surface area contributed by atoms with E-state index in [1.165, 1.54) is 5.56 Å². The minimum atomic E-state index is 0.422. The van der Waals surface area contributed by atoms with Crippen molar-refractivity contribution in [3.8, 4) is 0 Å². The Labute approximate surface area is 123 Å². The Morgan fingerprint density at radius 2 is 1.89 bits per heavy atom. The second-order valence-corrected chi connectivity index (χ2v) is 5.92. The van der Waals surface area contributed by atoms with Gasteiger partial charge in [-0.15, -0.1) is 0 Å². The second kappa shape index (κ2) is 6.92. The molecule has 0 saturated carbocycles. The van der Waals surface area contributed by atoms with Crippen molar-refractivity contribution in [1.82, 2.24) is 5.32 Å². The fraction of sp³-hybridized carbons (Fsp3) is 0.375. The lowest BCUT2D eigenvalue weighted by Gasteiger charge is -2.19. The molecule has 0 spiro atoms. The van der Waals surface area contributed by atoms with Crippen LogP contribution in [0.15, 0.2) is 51.6 Å². The zero-order valence-electron chi connectivity index (χ0n) is 11.4. The Morgan fingerprint density at radius 3 is 2.47 bits per heavy atom. The van der Waals surface area contributed by atoms with E-state index in [2.05, 4.69) is 65.4 Å². The van der Waals surface area contributed by atoms with Gasteiger partial charge in [0, 0.05) is 24.9 Å². The summed E-state index contributed by atoms with van der Waals surface area (Å²) in [6.07, 6.45) is 2.63. The average molecular weight is 322 g/mol. The maximum absolute atomic E-state index is 5.55. The lowest BCUT2D eigenvalue weighted by molar-refractivity contribution is 0.460. The molecule has 0 aliphatic heterocycles. The number of hydrogen-bond acceptors (Lipinski definition) is 2. The number of furan rings is 1. The number of rotatable bonds is 6. The second-order valence-electron chi connectivity index (χ2n) is 5.07. The zero-order chi connectivity index (χ0) is 13.7. The van der Waals surface area contributed by atoms with Gasteiger partial charge in [-0.05, 0) is 27.6 Å². The third-order valence-corrected chi connectivity index (χ3v) is 3.87. The third kappa shape index (κ3) is 4.22. The van der Waals surface area contributed by atoms with Gasteiger partial charge in [-0.25, -0.2) is 0 Å². The van der Waals surface area contributed by atoms with E-state index in [0.29, 0.717) is 12.0 Å². The summed E-state index contributed by atoms with van der Waals surface area (Å²) in [5.41, 5.74) is 1.35. The topological polar surface area (TPSA) is 25.2 Å². The molecule has 1 atom stereocenters. The van der Waals surface area contributed by atoms with Crippen molar-refractivity contribution in [1.29, 1.82) is 0 Å². The maximum Gasteiger partial charge on any atom is 0.118 e. The van der Waals surface area contributed by atoms with E-state index in [-0.39, 0.29) is 0 Å². The molecule has 0 bridgehead atoms. The summed E-state index contributed by atoms with van der Waals surface area (Å²) in [6, 6.07) is 13.1. The standard InChI is InChI=1S/C16H20BrNO/c1-12(2)18-11-14(13-6-4-3-5-7-13)10-16-15(17)8-9-19-16/h3-9,12,14,18H,10-11H2,1-2H3. The summed E-state index contributed by atoms with van der Waals surface area (Å²) in [5.74, 6) is 1.44. The molecule has 3 heteroatoms. The summed E-state index contributed by atoms with van der Waals surface area (Å²) in [4.78, 5) is 0. The highest BCUT2D eigenvalue weighted by molar-refractivity contribution is 9.10. The minimum Gasteiger partial charge on any atom is -0.468 e. The lowest BCUT2D eigenvalue weighted by Crippen LogP contribution is -2.28. The van der Waals surface area contributed by atoms with Gasteiger partial charge in [0.15, 0.2) is 0 Å². The van der Waals surface area contributed by atoms with Gasteiger partial charge in [0.1, 0.15) is 5.76 Å². The van der Waals surface area contributed by atoms with E-state index in [1.54, 1.807) is 6.26 Å². The summed E-state index contributed by atoms with van der Waals surface area (Å²) in [6.45, 7) is 5.30. The summed E-state index contributed by atoms with van der Waals surface area (Å²) in [5, 5.41) is 3.52. The number of halogens is 1. The molecule has 0 aliphatic carbocycles. The molecule has 1 aromatic heterocycles. The van der Waals surface area contributed by atoms with Gasteiger partial charge in [0.2, 0.25) is 0 Å². The number of benzene rings is 1. The van der Waals surface area contributed by atoms with Crippen molar-refractivity contribution < 1.29 is 4.42 Å². The predicted octanol–water partition coefficient (Wildman–Crippen LogP) is 4.37. The quantitative estimate of drug-likeness (QED) is 0.854. The summed E-state index contributed by atoms with van der Waals surface area (Å²) < 4.78 is 6.60. The van der Waals surface area contributed by atoms with Crippen LogP contribution in [0.4, 0.5) is 0 Å². The molecule has 102 valence electrons. The fourth-order valence-electron chi connectivity index (χ4n) is 2.11. The molecule has 1 N–H and O–H groups in total. The van der Waals surface area contributed by atoms with E-state index >= 15 is 0 Å². The Bertz CT molecular complexity index is 492. The SMILES string of the molecule is CC(C)NCC(Cc1occc1Br)c1ccccc1. The van der Waals surface area contributed by atoms with Gasteiger partial charge in [0.25, 0.3) is 0 Å². The molecule has 2 nitrogen and oxygen atoms in total. The van der Waals surface area contributed by atoms with Gasteiger partial charge in [-0.3, -0.25) is 0 Å². The Hall–Kier alpha value is -1.06. The lowest BCUT2D eigenvalue weighted by atomic mass is 9.94. The molecule has 1 unspecified atom stereocenters. The number of nitrogens with one attached hydrogen (secondary N) is 1. The Balaban J connectivity index is 2.12. The van der Waals surface area contributed by atoms with Crippen molar-refractivity contribution in [2.75, 3.05) is 6.54 Å². The molecule has 2 rings (SSSR count). The first kappa shape index (κ1) is 14.4. The van der Waals surface area contributed by atoms with Crippen molar-refractivity contribution in [2.45, 2.75) is 32.2 Å². The Morgan fingerprint density at radius 1 is 1.16 bits per heavy atom. The van der Waals surface area contributed by atoms with E-state index in [9.17, 15) is 0 Å². The highest BCUT2D eigenvalue weighted by atomic mass is 79.9. The molecule has 2 aromatic rings. The van der Waals surface area contributed by atoms with Crippen LogP contribution in [0.1, 0.15) is 31.1 Å². The van der Waals surface area contributed by atoms with E-state index in [4.69, 9.17) is 4.42 Å². The molecule has 1 heterocycles. The van der Waals surface area contributed by atoms with E-state index < -0.39 is 0 Å². The first-order chi connectivity index (χ1) is 9.16. The fourth-order valence-corrected chi connectivity index (χ4v) is 2.47. The molecule has 0 saturated heterocycles. The zero-order valence-corrected chi connectivity index (χ0v) is 13.0. The molecular weight excluding hydrogens is 302 g/mol. The first-order valence-corrected chi connectivity index (χ1v) is 7.46. The predicted molar refractivity (Wildman–Crippen MR) is 82.4 cm³/mol. The van der Waals surface area contributed by atoms with Gasteiger partial charge in [0.05, 0.1) is 10.7 Å². The monoisotopic (exact) mass is 321 g/mol. The molecule has 19 heavy (non-hydrogen) atoms. The van der Waals surface area contributed by atoms with Crippen LogP contribution in [0.25, 0.3) is 0 Å². The summed E-state index contributed by atoms with van der Waals surface area (Å²) >= 11 is 3.53. The molecular formula is C16H20BrNO. The van der Waals surface area contributed by atoms with Gasteiger partial charge in [-0.1, -0.05) is 44.2 Å². The van der Waals surface area contributed by atoms with Crippen molar-refractivity contribution in [2.24, 2.45) is 0 Å². The van der Waals surface area contributed by atoms with Crippen LogP contribution in [0.2, 0.25) is 0 Å². The van der Waals surface area contributed by atoms with Crippen LogP contribution < -0.4 is 5.32 Å². The van der Waals surface area contributed by atoms with Gasteiger partial charge in [-0.2, -0.15) is 0 Å². The minimum absolute atomic E-state index is 0.422. The van der Waals surface area contributed by atoms with Crippen molar-refractivity contribution in [3.63, 3.8) is 0 Å². The highest BCUT2D eigenvalue weighted by Crippen LogP contribution is 2.26. The van der Waals surface area contributed by atoms with Crippen molar-refractivity contribution >= 4 is 15.9 Å². The van der Waals surface area contributed by atoms with Crippen LogP contribution in [0.3, 0.4) is 0 Å². The summed E-state index contributed by atoms with van der Waals surface area (Å²) in [7, 11) is 0. The van der Waals surface area contributed by atoms with Crippen LogP contribution in [0, 0.1) is 0 Å². The third-order valence-electron chi connectivity index (χ3n) is 3.17. The number of hydrogen-bond donors (Lipinski definition) is 1. The van der Waals surface area contributed by atoms with Crippen LogP contribution >= 0.6 is 15.9 Å². The highest BCUT2D eigenvalue weighted by Gasteiger charge is 2.16. The first-order valence-electron chi connectivity index (χ1n) is 6.67. The smallest absolute Gasteiger partial charge is 0.118 e. The van der Waals surface area contributed by atoms with E-state index in [0.717, 1.165) is 23.2 Å². The molecule has 1 aromatic carbocycles. The normalized spacial score (nSPS) is 12.8. The average Bonchev–Trinajstić information content (AvgIpc) is 2.81.